The molecule has 0 aromatic heterocycles. The Morgan fingerprint density at radius 1 is 0.900 bits per heavy atom. The Kier molecular flexibility index (Phi) is 5.70. The molecule has 3 aliphatic carbocycles. The molecular weight excluding hydrogens is 376 g/mol. The molecule has 1 heteroatoms. The van der Waals surface area contributed by atoms with E-state index in [9.17, 15) is 0 Å². The normalized spacial score (nSPS) is 41.0. The zero-order valence-electron chi connectivity index (χ0n) is 21.1. The Morgan fingerprint density at radius 2 is 1.50 bits per heavy atom. The third-order valence-electron chi connectivity index (χ3n) is 10.1. The molecule has 0 saturated heterocycles. The van der Waals surface area contributed by atoms with Crippen LogP contribution in [0.1, 0.15) is 78.4 Å². The van der Waals surface area contributed by atoms with E-state index in [1.54, 1.807) is 5.56 Å². The smallest absolute Gasteiger partial charge is 0.0547 e. The van der Waals surface area contributed by atoms with Gasteiger partial charge >= 0.3 is 0 Å². The molecule has 0 spiro atoms. The van der Waals surface area contributed by atoms with Gasteiger partial charge in [-0.05, 0) is 81.9 Å². The molecule has 0 bridgehead atoms. The maximum Gasteiger partial charge on any atom is 0.0547 e. The maximum absolute atomic E-state index is 2.78. The van der Waals surface area contributed by atoms with Crippen LogP contribution in [0.15, 0.2) is 30.3 Å². The lowest BCUT2D eigenvalue weighted by Gasteiger charge is -2.44. The molecule has 2 saturated carbocycles. The van der Waals surface area contributed by atoms with E-state index in [0.29, 0.717) is 5.41 Å². The minimum Gasteiger partial charge on any atom is -0.0802 e. The van der Waals surface area contributed by atoms with Crippen LogP contribution >= 0.6 is 0 Å². The molecule has 3 aliphatic rings. The van der Waals surface area contributed by atoms with Crippen LogP contribution in [-0.2, 0) is 0 Å². The molecule has 0 radical (unpaired) electrons. The number of allylic oxidation sites excluding steroid dienone is 1. The first-order chi connectivity index (χ1) is 13.9. The summed E-state index contributed by atoms with van der Waals surface area (Å²) in [4.78, 5) is 0. The summed E-state index contributed by atoms with van der Waals surface area (Å²) in [6, 6.07) is 9.30. The van der Waals surface area contributed by atoms with Crippen LogP contribution in [0.2, 0.25) is 24.2 Å². The van der Waals surface area contributed by atoms with Crippen molar-refractivity contribution in [3.8, 4) is 0 Å². The van der Waals surface area contributed by atoms with Gasteiger partial charge in [0.05, 0.1) is 8.07 Å². The Morgan fingerprint density at radius 3 is 2.10 bits per heavy atom. The third kappa shape index (κ3) is 3.57. The van der Waals surface area contributed by atoms with Crippen molar-refractivity contribution in [2.24, 2.45) is 40.9 Å². The molecule has 1 aromatic rings. The molecule has 30 heavy (non-hydrogen) atoms. The van der Waals surface area contributed by atoms with Crippen molar-refractivity contribution < 1.29 is 0 Å². The van der Waals surface area contributed by atoms with Crippen LogP contribution in [0.25, 0.3) is 6.08 Å². The third-order valence-corrected chi connectivity index (χ3v) is 15.4. The average Bonchev–Trinajstić information content (AvgIpc) is 3.12. The Balaban J connectivity index is 1.73. The largest absolute Gasteiger partial charge is 0.0802 e. The second-order valence-electron chi connectivity index (χ2n) is 13.2. The summed E-state index contributed by atoms with van der Waals surface area (Å²) < 4.78 is 0. The minimum absolute atomic E-state index is 0.406. The highest BCUT2D eigenvalue weighted by Gasteiger charge is 2.57. The van der Waals surface area contributed by atoms with Gasteiger partial charge in [0, 0.05) is 0 Å². The van der Waals surface area contributed by atoms with E-state index in [-0.39, 0.29) is 0 Å². The van der Waals surface area contributed by atoms with Gasteiger partial charge in [-0.3, -0.25) is 0 Å². The first-order valence-corrected chi connectivity index (χ1v) is 15.9. The molecule has 0 nitrogen and oxygen atoms in total. The van der Waals surface area contributed by atoms with Crippen molar-refractivity contribution in [3.63, 3.8) is 0 Å². The first kappa shape index (κ1) is 22.4. The van der Waals surface area contributed by atoms with Gasteiger partial charge in [0.1, 0.15) is 0 Å². The van der Waals surface area contributed by atoms with E-state index in [0.717, 1.165) is 52.5 Å². The van der Waals surface area contributed by atoms with E-state index in [2.05, 4.69) is 98.0 Å². The zero-order chi connectivity index (χ0) is 22.0. The average molecular weight is 423 g/mol. The number of hydrogen-bond acceptors (Lipinski definition) is 0. The monoisotopic (exact) mass is 422 g/mol. The van der Waals surface area contributed by atoms with E-state index >= 15 is 0 Å². The van der Waals surface area contributed by atoms with Gasteiger partial charge in [-0.15, -0.1) is 0 Å². The molecule has 4 rings (SSSR count). The van der Waals surface area contributed by atoms with Gasteiger partial charge in [0.25, 0.3) is 0 Å². The van der Waals surface area contributed by atoms with Gasteiger partial charge in [0.15, 0.2) is 0 Å². The summed E-state index contributed by atoms with van der Waals surface area (Å²) in [5.74, 6) is 5.86. The lowest BCUT2D eigenvalue weighted by atomic mass is 9.73. The van der Waals surface area contributed by atoms with E-state index in [1.807, 2.05) is 0 Å². The van der Waals surface area contributed by atoms with E-state index in [1.165, 1.54) is 18.4 Å². The molecule has 0 N–H and O–H groups in total. The highest BCUT2D eigenvalue weighted by atomic mass is 28.3. The van der Waals surface area contributed by atoms with E-state index < -0.39 is 8.07 Å². The van der Waals surface area contributed by atoms with Crippen molar-refractivity contribution in [3.05, 3.63) is 41.5 Å². The maximum atomic E-state index is 2.78. The Hall–Kier alpha value is -0.823. The summed E-state index contributed by atoms with van der Waals surface area (Å²) in [5, 5.41) is 0. The summed E-state index contributed by atoms with van der Waals surface area (Å²) >= 11 is 0. The van der Waals surface area contributed by atoms with Crippen molar-refractivity contribution in [2.45, 2.75) is 91.4 Å². The first-order valence-electron chi connectivity index (χ1n) is 12.7. The van der Waals surface area contributed by atoms with Crippen LogP contribution < -0.4 is 0 Å². The zero-order valence-corrected chi connectivity index (χ0v) is 22.1. The molecule has 1 aromatic carbocycles. The van der Waals surface area contributed by atoms with Crippen molar-refractivity contribution in [2.75, 3.05) is 0 Å². The molecule has 8 unspecified atom stereocenters. The standard InChI is InChI=1S/C29H46Si/c1-18-19(2)21(4)28(20(18)3)30(8,9)26-16-23(17-29(5,6)7)27-24-13-11-10-12-22(24)14-15-25(26)27/h10-15,18-21,23,25-28H,16-17H2,1-9H3. The molecule has 0 heterocycles. The second kappa shape index (κ2) is 7.64. The Bertz CT molecular complexity index is 783. The SMILES string of the molecule is CC1C(C)C(C)C([Si](C)(C)C2CC(CC(C)(C)C)C3c4ccccc4C=CC32)C1C. The van der Waals surface area contributed by atoms with E-state index in [4.69, 9.17) is 0 Å². The van der Waals surface area contributed by atoms with Crippen molar-refractivity contribution >= 4 is 14.1 Å². The van der Waals surface area contributed by atoms with Crippen LogP contribution in [0, 0.1) is 40.9 Å². The molecule has 0 aliphatic heterocycles. The minimum atomic E-state index is -1.44. The van der Waals surface area contributed by atoms with Crippen LogP contribution in [0.5, 0.6) is 0 Å². The topological polar surface area (TPSA) is 0 Å². The van der Waals surface area contributed by atoms with Gasteiger partial charge in [-0.2, -0.15) is 0 Å². The summed E-state index contributed by atoms with van der Waals surface area (Å²) in [7, 11) is -1.44. The van der Waals surface area contributed by atoms with Crippen LogP contribution in [0.3, 0.4) is 0 Å². The lowest BCUT2D eigenvalue weighted by molar-refractivity contribution is 0.273. The van der Waals surface area contributed by atoms with Gasteiger partial charge in [-0.25, -0.2) is 0 Å². The van der Waals surface area contributed by atoms with Crippen molar-refractivity contribution in [1.29, 1.82) is 0 Å². The molecule has 8 atom stereocenters. The number of fused-ring (bicyclic) bond motifs is 3. The van der Waals surface area contributed by atoms with Crippen LogP contribution in [-0.4, -0.2) is 8.07 Å². The quantitative estimate of drug-likeness (QED) is 0.427. The fourth-order valence-electron chi connectivity index (χ4n) is 8.58. The molecule has 0 amide bonds. The molecule has 166 valence electrons. The number of rotatable bonds is 3. The van der Waals surface area contributed by atoms with Crippen molar-refractivity contribution in [1.82, 2.24) is 0 Å². The fourth-order valence-corrected chi connectivity index (χ4v) is 14.6. The number of hydrogen-bond donors (Lipinski definition) is 0. The molecule has 2 fully saturated rings. The summed E-state index contributed by atoms with van der Waals surface area (Å²) in [5.41, 5.74) is 5.44. The highest BCUT2D eigenvalue weighted by molar-refractivity contribution is 6.80. The fraction of sp³-hybridized carbons (Fsp3) is 0.724. The lowest BCUT2D eigenvalue weighted by Crippen LogP contribution is -2.43. The molecular formula is C29H46Si. The second-order valence-corrected chi connectivity index (χ2v) is 18.3. The van der Waals surface area contributed by atoms with Crippen LogP contribution in [0.4, 0.5) is 0 Å². The predicted molar refractivity (Wildman–Crippen MR) is 136 cm³/mol. The number of benzene rings is 1. The van der Waals surface area contributed by atoms with Gasteiger partial charge in [0.2, 0.25) is 0 Å². The summed E-state index contributed by atoms with van der Waals surface area (Å²) in [6.07, 6.45) is 7.95. The summed E-state index contributed by atoms with van der Waals surface area (Å²) in [6.45, 7) is 23.2. The van der Waals surface area contributed by atoms with Gasteiger partial charge in [-0.1, -0.05) is 98.0 Å². The Labute approximate surface area is 187 Å². The van der Waals surface area contributed by atoms with Gasteiger partial charge < -0.3 is 0 Å². The highest BCUT2D eigenvalue weighted by Crippen LogP contribution is 2.65. The predicted octanol–water partition coefficient (Wildman–Crippen LogP) is 8.88.